The summed E-state index contributed by atoms with van der Waals surface area (Å²) in [5.41, 5.74) is 1.91. The molecule has 0 aliphatic heterocycles. The molecule has 0 aromatic heterocycles. The van der Waals surface area contributed by atoms with Crippen LogP contribution in [0.3, 0.4) is 0 Å². The first-order chi connectivity index (χ1) is 17.5. The summed E-state index contributed by atoms with van der Waals surface area (Å²) < 4.78 is 28.4. The summed E-state index contributed by atoms with van der Waals surface area (Å²) in [5.74, 6) is -0.906. The van der Waals surface area contributed by atoms with Gasteiger partial charge in [0.15, 0.2) is 0 Å². The molecule has 3 aromatic rings. The minimum atomic E-state index is -4.20. The van der Waals surface area contributed by atoms with E-state index in [0.717, 1.165) is 15.4 Å². The van der Waals surface area contributed by atoms with Gasteiger partial charge in [0, 0.05) is 18.1 Å². The molecule has 37 heavy (non-hydrogen) atoms. The average Bonchev–Trinajstić information content (AvgIpc) is 2.86. The average molecular weight is 563 g/mol. The van der Waals surface area contributed by atoms with Gasteiger partial charge in [-0.1, -0.05) is 71.2 Å². The van der Waals surface area contributed by atoms with E-state index in [2.05, 4.69) is 5.32 Å². The molecular weight excluding hydrogens is 533 g/mol. The normalized spacial score (nSPS) is 12.0. The number of nitrogens with zero attached hydrogens (tertiary/aromatic N) is 2. The second-order valence-electron chi connectivity index (χ2n) is 8.50. The summed E-state index contributed by atoms with van der Waals surface area (Å²) in [5, 5.41) is 3.13. The van der Waals surface area contributed by atoms with Crippen LogP contribution in [-0.4, -0.2) is 44.3 Å². The zero-order valence-electron chi connectivity index (χ0n) is 20.8. The highest BCUT2D eigenvalue weighted by Gasteiger charge is 2.33. The van der Waals surface area contributed by atoms with E-state index in [0.29, 0.717) is 11.6 Å². The number of carbonyl (C=O) groups is 2. The van der Waals surface area contributed by atoms with Gasteiger partial charge in [0.25, 0.3) is 10.0 Å². The third-order valence-corrected chi connectivity index (χ3v) is 8.05. The molecular formula is C27H29Cl2N3O4S. The quantitative estimate of drug-likeness (QED) is 0.375. The molecule has 0 bridgehead atoms. The minimum Gasteiger partial charge on any atom is -0.355 e. The number of hydrogen-bond donors (Lipinski definition) is 1. The molecule has 1 atom stereocenters. The van der Waals surface area contributed by atoms with E-state index in [4.69, 9.17) is 23.2 Å². The minimum absolute atomic E-state index is 0.00387. The van der Waals surface area contributed by atoms with E-state index in [1.165, 1.54) is 35.2 Å². The standard InChI is InChI=1S/C27H29Cl2N3O4S/c1-4-30-27(34)20(3)31(17-21-10-8-9-19(2)15-21)26(33)18-32(25-14-13-22(28)16-24(25)29)37(35,36)23-11-6-5-7-12-23/h5-16,20H,4,17-18H2,1-3H3,(H,30,34). The summed E-state index contributed by atoms with van der Waals surface area (Å²) in [4.78, 5) is 27.9. The number of carbonyl (C=O) groups excluding carboxylic acids is 2. The van der Waals surface area contributed by atoms with E-state index >= 15 is 0 Å². The Morgan fingerprint density at radius 3 is 2.30 bits per heavy atom. The van der Waals surface area contributed by atoms with E-state index in [1.807, 2.05) is 31.2 Å². The van der Waals surface area contributed by atoms with Gasteiger partial charge in [0.05, 0.1) is 15.6 Å². The van der Waals surface area contributed by atoms with Crippen LogP contribution in [0.25, 0.3) is 0 Å². The molecule has 0 radical (unpaired) electrons. The van der Waals surface area contributed by atoms with Crippen molar-refractivity contribution in [2.45, 2.75) is 38.3 Å². The van der Waals surface area contributed by atoms with Crippen molar-refractivity contribution >= 4 is 50.7 Å². The maximum atomic E-state index is 13.8. The van der Waals surface area contributed by atoms with Crippen LogP contribution in [0.5, 0.6) is 0 Å². The molecule has 196 valence electrons. The predicted molar refractivity (Wildman–Crippen MR) is 147 cm³/mol. The molecule has 2 amide bonds. The summed E-state index contributed by atoms with van der Waals surface area (Å²) >= 11 is 12.4. The maximum absolute atomic E-state index is 13.8. The Labute approximate surface area is 228 Å². The molecule has 10 heteroatoms. The molecule has 0 heterocycles. The Morgan fingerprint density at radius 1 is 0.973 bits per heavy atom. The van der Waals surface area contributed by atoms with Gasteiger partial charge in [-0.2, -0.15) is 0 Å². The van der Waals surface area contributed by atoms with Crippen LogP contribution in [0.2, 0.25) is 10.0 Å². The lowest BCUT2D eigenvalue weighted by atomic mass is 10.1. The molecule has 0 fully saturated rings. The third-order valence-electron chi connectivity index (χ3n) is 5.74. The fourth-order valence-electron chi connectivity index (χ4n) is 3.83. The fourth-order valence-corrected chi connectivity index (χ4v) is 5.84. The van der Waals surface area contributed by atoms with Crippen molar-refractivity contribution in [3.8, 4) is 0 Å². The first-order valence-corrected chi connectivity index (χ1v) is 13.9. The number of aryl methyl sites for hydroxylation is 1. The zero-order chi connectivity index (χ0) is 27.2. The van der Waals surface area contributed by atoms with E-state index < -0.39 is 28.5 Å². The van der Waals surface area contributed by atoms with Crippen LogP contribution in [0, 0.1) is 6.92 Å². The van der Waals surface area contributed by atoms with Crippen LogP contribution >= 0.6 is 23.2 Å². The molecule has 3 aromatic carbocycles. The van der Waals surface area contributed by atoms with Gasteiger partial charge < -0.3 is 10.2 Å². The number of rotatable bonds is 10. The Balaban J connectivity index is 2.05. The molecule has 7 nitrogen and oxygen atoms in total. The molecule has 0 saturated heterocycles. The van der Waals surface area contributed by atoms with Crippen molar-refractivity contribution in [3.63, 3.8) is 0 Å². The van der Waals surface area contributed by atoms with Crippen LogP contribution in [-0.2, 0) is 26.2 Å². The second-order valence-corrected chi connectivity index (χ2v) is 11.2. The van der Waals surface area contributed by atoms with E-state index in [9.17, 15) is 18.0 Å². The highest BCUT2D eigenvalue weighted by atomic mass is 35.5. The summed E-state index contributed by atoms with van der Waals surface area (Å²) in [6, 6.07) is 18.9. The van der Waals surface area contributed by atoms with Gasteiger partial charge in [0.1, 0.15) is 12.6 Å². The zero-order valence-corrected chi connectivity index (χ0v) is 23.1. The topological polar surface area (TPSA) is 86.8 Å². The van der Waals surface area contributed by atoms with E-state index in [1.54, 1.807) is 32.0 Å². The molecule has 1 unspecified atom stereocenters. The SMILES string of the molecule is CCNC(=O)C(C)N(Cc1cccc(C)c1)C(=O)CN(c1ccc(Cl)cc1Cl)S(=O)(=O)c1ccccc1. The van der Waals surface area contributed by atoms with Crippen molar-refractivity contribution in [3.05, 3.63) is 94.0 Å². The predicted octanol–water partition coefficient (Wildman–Crippen LogP) is 5.05. The van der Waals surface area contributed by atoms with Crippen molar-refractivity contribution in [1.82, 2.24) is 10.2 Å². The lowest BCUT2D eigenvalue weighted by Crippen LogP contribution is -2.51. The molecule has 0 saturated carbocycles. The molecule has 0 aliphatic rings. The van der Waals surface area contributed by atoms with Crippen molar-refractivity contribution in [1.29, 1.82) is 0 Å². The number of amides is 2. The lowest BCUT2D eigenvalue weighted by molar-refractivity contribution is -0.139. The lowest BCUT2D eigenvalue weighted by Gasteiger charge is -2.32. The number of anilines is 1. The monoisotopic (exact) mass is 561 g/mol. The van der Waals surface area contributed by atoms with Crippen molar-refractivity contribution in [2.75, 3.05) is 17.4 Å². The molecule has 0 aliphatic carbocycles. The smallest absolute Gasteiger partial charge is 0.264 e. The summed E-state index contributed by atoms with van der Waals surface area (Å²) in [6.07, 6.45) is 0. The van der Waals surface area contributed by atoms with Crippen LogP contribution in [0.4, 0.5) is 5.69 Å². The van der Waals surface area contributed by atoms with Crippen LogP contribution in [0.15, 0.2) is 77.7 Å². The fraction of sp³-hybridized carbons (Fsp3) is 0.259. The Hall–Kier alpha value is -3.07. The highest BCUT2D eigenvalue weighted by Crippen LogP contribution is 2.33. The van der Waals surface area contributed by atoms with Crippen LogP contribution < -0.4 is 9.62 Å². The Bertz CT molecular complexity index is 1370. The van der Waals surface area contributed by atoms with Gasteiger partial charge >= 0.3 is 0 Å². The summed E-state index contributed by atoms with van der Waals surface area (Å²) in [6.45, 7) is 5.27. The number of benzene rings is 3. The highest BCUT2D eigenvalue weighted by molar-refractivity contribution is 7.92. The maximum Gasteiger partial charge on any atom is 0.264 e. The van der Waals surface area contributed by atoms with E-state index in [-0.39, 0.29) is 28.1 Å². The van der Waals surface area contributed by atoms with Crippen LogP contribution in [0.1, 0.15) is 25.0 Å². The van der Waals surface area contributed by atoms with Gasteiger partial charge in [-0.25, -0.2) is 8.42 Å². The Morgan fingerprint density at radius 2 is 1.68 bits per heavy atom. The van der Waals surface area contributed by atoms with Crippen molar-refractivity contribution in [2.24, 2.45) is 0 Å². The van der Waals surface area contributed by atoms with Gasteiger partial charge in [0.2, 0.25) is 11.8 Å². The molecule has 3 rings (SSSR count). The number of halogens is 2. The largest absolute Gasteiger partial charge is 0.355 e. The molecule has 1 N–H and O–H groups in total. The number of likely N-dealkylation sites (N-methyl/N-ethyl adjacent to an activating group) is 1. The number of sulfonamides is 1. The van der Waals surface area contributed by atoms with Gasteiger partial charge in [-0.3, -0.25) is 13.9 Å². The van der Waals surface area contributed by atoms with Gasteiger partial charge in [-0.15, -0.1) is 0 Å². The second kappa shape index (κ2) is 12.4. The first kappa shape index (κ1) is 28.5. The Kier molecular flexibility index (Phi) is 9.59. The van der Waals surface area contributed by atoms with Crippen molar-refractivity contribution < 1.29 is 18.0 Å². The number of hydrogen-bond acceptors (Lipinski definition) is 4. The number of nitrogens with one attached hydrogen (secondary N) is 1. The van der Waals surface area contributed by atoms with Gasteiger partial charge in [-0.05, 0) is 56.7 Å². The summed E-state index contributed by atoms with van der Waals surface area (Å²) in [7, 11) is -4.20. The third kappa shape index (κ3) is 7.03. The molecule has 0 spiro atoms. The first-order valence-electron chi connectivity index (χ1n) is 11.7.